The van der Waals surface area contributed by atoms with Gasteiger partial charge in [0.1, 0.15) is 0 Å². The lowest BCUT2D eigenvalue weighted by Gasteiger charge is -2.07. The molecule has 0 saturated heterocycles. The highest BCUT2D eigenvalue weighted by Crippen LogP contribution is 2.07. The highest BCUT2D eigenvalue weighted by molar-refractivity contribution is 5.31. The fourth-order valence-corrected chi connectivity index (χ4v) is 2.04. The third-order valence-electron chi connectivity index (χ3n) is 3.04. The second kappa shape index (κ2) is 7.44. The van der Waals surface area contributed by atoms with Gasteiger partial charge >= 0.3 is 0 Å². The number of hydrogen-bond donors (Lipinski definition) is 1. The molecule has 0 spiro atoms. The molecule has 1 N–H and O–H groups in total. The van der Waals surface area contributed by atoms with E-state index in [1.54, 1.807) is 7.11 Å². The summed E-state index contributed by atoms with van der Waals surface area (Å²) in [5.74, 6) is 0. The lowest BCUT2D eigenvalue weighted by atomic mass is 10.1. The average Bonchev–Trinajstić information content (AvgIpc) is 2.49. The van der Waals surface area contributed by atoms with Crippen LogP contribution in [0.5, 0.6) is 0 Å². The maximum atomic E-state index is 8.75. The number of hydrogen-bond acceptors (Lipinski definition) is 3. The number of rotatable bonds is 6. The van der Waals surface area contributed by atoms with Gasteiger partial charge in [0.2, 0.25) is 0 Å². The second-order valence-corrected chi connectivity index (χ2v) is 4.67. The number of benzene rings is 2. The standard InChI is InChI=1S/C17H18N2O/c1-20-13-17-4-2-3-16(9-17)12-19-11-15-7-5-14(10-18)6-8-15/h2-9,19H,11-13H2,1H3. The van der Waals surface area contributed by atoms with Gasteiger partial charge in [-0.3, -0.25) is 0 Å². The van der Waals surface area contributed by atoms with Crippen LogP contribution < -0.4 is 5.32 Å². The number of nitrogens with one attached hydrogen (secondary N) is 1. The minimum Gasteiger partial charge on any atom is -0.380 e. The van der Waals surface area contributed by atoms with Crippen molar-refractivity contribution in [3.8, 4) is 6.07 Å². The van der Waals surface area contributed by atoms with E-state index in [1.165, 1.54) is 16.7 Å². The molecule has 0 bridgehead atoms. The van der Waals surface area contributed by atoms with E-state index in [0.29, 0.717) is 12.2 Å². The zero-order valence-electron chi connectivity index (χ0n) is 11.6. The molecule has 0 unspecified atom stereocenters. The summed E-state index contributed by atoms with van der Waals surface area (Å²) in [4.78, 5) is 0. The van der Waals surface area contributed by atoms with Gasteiger partial charge in [-0.25, -0.2) is 0 Å². The minimum atomic E-state index is 0.642. The first kappa shape index (κ1) is 14.3. The monoisotopic (exact) mass is 266 g/mol. The summed E-state index contributed by atoms with van der Waals surface area (Å²) < 4.78 is 5.13. The predicted molar refractivity (Wildman–Crippen MR) is 78.9 cm³/mol. The lowest BCUT2D eigenvalue weighted by molar-refractivity contribution is 0.185. The van der Waals surface area contributed by atoms with Crippen LogP contribution >= 0.6 is 0 Å². The molecule has 0 saturated carbocycles. The molecule has 0 heterocycles. The predicted octanol–water partition coefficient (Wildman–Crippen LogP) is 2.99. The lowest BCUT2D eigenvalue weighted by Crippen LogP contribution is -2.12. The smallest absolute Gasteiger partial charge is 0.0991 e. The zero-order chi connectivity index (χ0) is 14.2. The average molecular weight is 266 g/mol. The number of nitriles is 1. The van der Waals surface area contributed by atoms with Gasteiger partial charge in [-0.05, 0) is 28.8 Å². The fraction of sp³-hybridized carbons (Fsp3) is 0.235. The maximum absolute atomic E-state index is 8.75. The van der Waals surface area contributed by atoms with E-state index in [-0.39, 0.29) is 0 Å². The Balaban J connectivity index is 1.86. The van der Waals surface area contributed by atoms with Crippen molar-refractivity contribution >= 4 is 0 Å². The Morgan fingerprint density at radius 1 is 1.00 bits per heavy atom. The second-order valence-electron chi connectivity index (χ2n) is 4.67. The van der Waals surface area contributed by atoms with Crippen LogP contribution in [0.25, 0.3) is 0 Å². The van der Waals surface area contributed by atoms with E-state index in [9.17, 15) is 0 Å². The van der Waals surface area contributed by atoms with Crippen molar-refractivity contribution in [2.45, 2.75) is 19.7 Å². The maximum Gasteiger partial charge on any atom is 0.0991 e. The third kappa shape index (κ3) is 4.20. The Hall–Kier alpha value is -2.15. The molecule has 0 amide bonds. The molecule has 0 atom stereocenters. The molecule has 0 aliphatic heterocycles. The van der Waals surface area contributed by atoms with Gasteiger partial charge in [0.25, 0.3) is 0 Å². The van der Waals surface area contributed by atoms with Crippen LogP contribution in [0.15, 0.2) is 48.5 Å². The van der Waals surface area contributed by atoms with Gasteiger partial charge in [0.05, 0.1) is 18.2 Å². The molecule has 0 aliphatic carbocycles. The van der Waals surface area contributed by atoms with E-state index in [0.717, 1.165) is 13.1 Å². The van der Waals surface area contributed by atoms with E-state index < -0.39 is 0 Å². The summed E-state index contributed by atoms with van der Waals surface area (Å²) in [6.45, 7) is 2.25. The van der Waals surface area contributed by atoms with Gasteiger partial charge in [-0.1, -0.05) is 36.4 Å². The van der Waals surface area contributed by atoms with Crippen molar-refractivity contribution < 1.29 is 4.74 Å². The summed E-state index contributed by atoms with van der Waals surface area (Å²) >= 11 is 0. The summed E-state index contributed by atoms with van der Waals surface area (Å²) in [7, 11) is 1.70. The van der Waals surface area contributed by atoms with E-state index in [4.69, 9.17) is 10.00 Å². The van der Waals surface area contributed by atoms with E-state index >= 15 is 0 Å². The highest BCUT2D eigenvalue weighted by Gasteiger charge is 1.97. The van der Waals surface area contributed by atoms with Gasteiger partial charge < -0.3 is 10.1 Å². The quantitative estimate of drug-likeness (QED) is 0.874. The van der Waals surface area contributed by atoms with Gasteiger partial charge in [0.15, 0.2) is 0 Å². The molecule has 0 fully saturated rings. The number of methoxy groups -OCH3 is 1. The number of ether oxygens (including phenoxy) is 1. The highest BCUT2D eigenvalue weighted by atomic mass is 16.5. The Morgan fingerprint density at radius 2 is 1.70 bits per heavy atom. The summed E-state index contributed by atoms with van der Waals surface area (Å²) in [5.41, 5.74) is 4.30. The normalized spacial score (nSPS) is 10.2. The molecular formula is C17H18N2O. The first-order chi connectivity index (χ1) is 9.81. The molecule has 102 valence electrons. The SMILES string of the molecule is COCc1cccc(CNCc2ccc(C#N)cc2)c1. The first-order valence-electron chi connectivity index (χ1n) is 6.58. The zero-order valence-corrected chi connectivity index (χ0v) is 11.6. The minimum absolute atomic E-state index is 0.642. The summed E-state index contributed by atoms with van der Waals surface area (Å²) in [5, 5.41) is 12.1. The molecule has 2 rings (SSSR count). The van der Waals surface area contributed by atoms with Crippen LogP contribution in [0.3, 0.4) is 0 Å². The largest absolute Gasteiger partial charge is 0.380 e. The molecule has 0 aromatic heterocycles. The molecular weight excluding hydrogens is 248 g/mol. The van der Waals surface area contributed by atoms with Crippen molar-refractivity contribution in [3.63, 3.8) is 0 Å². The molecule has 0 aliphatic rings. The van der Waals surface area contributed by atoms with Crippen molar-refractivity contribution in [1.29, 1.82) is 5.26 Å². The molecule has 2 aromatic rings. The molecule has 2 aromatic carbocycles. The Bertz CT molecular complexity index is 585. The van der Waals surface area contributed by atoms with Gasteiger partial charge in [-0.15, -0.1) is 0 Å². The molecule has 3 heteroatoms. The van der Waals surface area contributed by atoms with Crippen molar-refractivity contribution in [2.75, 3.05) is 7.11 Å². The van der Waals surface area contributed by atoms with Crippen LogP contribution in [0, 0.1) is 11.3 Å². The summed E-state index contributed by atoms with van der Waals surface area (Å²) in [6.07, 6.45) is 0. The number of nitrogens with zero attached hydrogens (tertiary/aromatic N) is 1. The van der Waals surface area contributed by atoms with E-state index in [2.05, 4.69) is 29.6 Å². The van der Waals surface area contributed by atoms with Crippen LogP contribution in [0.2, 0.25) is 0 Å². The Kier molecular flexibility index (Phi) is 5.31. The van der Waals surface area contributed by atoms with Crippen LogP contribution in [0.4, 0.5) is 0 Å². The topological polar surface area (TPSA) is 45.0 Å². The van der Waals surface area contributed by atoms with Crippen molar-refractivity contribution in [2.24, 2.45) is 0 Å². The molecule has 3 nitrogen and oxygen atoms in total. The Labute approximate surface area is 119 Å². The molecule has 20 heavy (non-hydrogen) atoms. The van der Waals surface area contributed by atoms with Gasteiger partial charge in [-0.2, -0.15) is 5.26 Å². The first-order valence-corrected chi connectivity index (χ1v) is 6.58. The fourth-order valence-electron chi connectivity index (χ4n) is 2.04. The van der Waals surface area contributed by atoms with Crippen LogP contribution in [0.1, 0.15) is 22.3 Å². The van der Waals surface area contributed by atoms with Crippen molar-refractivity contribution in [1.82, 2.24) is 5.32 Å². The van der Waals surface area contributed by atoms with Crippen LogP contribution in [-0.2, 0) is 24.4 Å². The van der Waals surface area contributed by atoms with Crippen LogP contribution in [-0.4, -0.2) is 7.11 Å². The van der Waals surface area contributed by atoms with Gasteiger partial charge in [0, 0.05) is 20.2 Å². The molecule has 0 radical (unpaired) electrons. The summed E-state index contributed by atoms with van der Waals surface area (Å²) in [6, 6.07) is 18.1. The van der Waals surface area contributed by atoms with Crippen molar-refractivity contribution in [3.05, 3.63) is 70.8 Å². The third-order valence-corrected chi connectivity index (χ3v) is 3.04. The van der Waals surface area contributed by atoms with E-state index in [1.807, 2.05) is 30.3 Å². The Morgan fingerprint density at radius 3 is 2.40 bits per heavy atom.